The van der Waals surface area contributed by atoms with Gasteiger partial charge in [-0.25, -0.2) is 13.4 Å². The summed E-state index contributed by atoms with van der Waals surface area (Å²) in [5.74, 6) is 1.60. The number of rotatable bonds is 3. The molecule has 3 heterocycles. The average Bonchev–Trinajstić information content (AvgIpc) is 2.78. The van der Waals surface area contributed by atoms with Crippen LogP contribution in [0.15, 0.2) is 12.1 Å². The van der Waals surface area contributed by atoms with E-state index >= 15 is 0 Å². The Balaban J connectivity index is 1.80. The molecule has 20 heavy (non-hydrogen) atoms. The highest BCUT2D eigenvalue weighted by Gasteiger charge is 2.25. The van der Waals surface area contributed by atoms with E-state index in [0.717, 1.165) is 11.3 Å². The maximum atomic E-state index is 11.6. The normalized spacial score (nSPS) is 21.9. The van der Waals surface area contributed by atoms with Crippen LogP contribution >= 0.6 is 0 Å². The Morgan fingerprint density at radius 2 is 2.25 bits per heavy atom. The number of methoxy groups -OCH3 is 1. The number of imidazole rings is 1. The van der Waals surface area contributed by atoms with Crippen molar-refractivity contribution in [1.29, 1.82) is 0 Å². The lowest BCUT2D eigenvalue weighted by Gasteiger charge is -2.22. The molecule has 0 bridgehead atoms. The molecule has 8 heteroatoms. The maximum absolute atomic E-state index is 11.6. The van der Waals surface area contributed by atoms with Crippen molar-refractivity contribution in [1.82, 2.24) is 20.3 Å². The van der Waals surface area contributed by atoms with Crippen LogP contribution in [0.3, 0.4) is 0 Å². The first-order chi connectivity index (χ1) is 9.55. The molecular formula is C12H16N4O3S. The first kappa shape index (κ1) is 13.3. The van der Waals surface area contributed by atoms with Crippen molar-refractivity contribution in [2.24, 2.45) is 0 Å². The van der Waals surface area contributed by atoms with E-state index in [1.54, 1.807) is 13.2 Å². The first-order valence-electron chi connectivity index (χ1n) is 6.39. The number of aromatic nitrogens is 3. The number of hydrogen-bond acceptors (Lipinski definition) is 6. The summed E-state index contributed by atoms with van der Waals surface area (Å²) in [6.45, 7) is 0.499. The Kier molecular flexibility index (Phi) is 3.35. The number of sulfone groups is 1. The van der Waals surface area contributed by atoms with Crippen LogP contribution in [0.25, 0.3) is 11.2 Å². The zero-order valence-electron chi connectivity index (χ0n) is 11.1. The topological polar surface area (TPSA) is 97.0 Å². The van der Waals surface area contributed by atoms with Gasteiger partial charge in [0.25, 0.3) is 0 Å². The molecule has 1 fully saturated rings. The van der Waals surface area contributed by atoms with E-state index in [-0.39, 0.29) is 17.5 Å². The van der Waals surface area contributed by atoms with Crippen molar-refractivity contribution in [2.45, 2.75) is 12.5 Å². The number of pyridine rings is 1. The van der Waals surface area contributed by atoms with Gasteiger partial charge in [-0.15, -0.1) is 0 Å². The number of fused-ring (bicyclic) bond motifs is 1. The minimum absolute atomic E-state index is 0.101. The number of nitrogens with zero attached hydrogens (tertiary/aromatic N) is 2. The van der Waals surface area contributed by atoms with Crippen LogP contribution < -0.4 is 10.1 Å². The lowest BCUT2D eigenvalue weighted by atomic mass is 10.2. The van der Waals surface area contributed by atoms with Gasteiger partial charge < -0.3 is 15.0 Å². The van der Waals surface area contributed by atoms with Crippen LogP contribution in [0.5, 0.6) is 5.88 Å². The SMILES string of the molecule is COc1ccc2[nH]c(CC3CS(=O)(=O)CCN3)nc2n1. The minimum atomic E-state index is -2.93. The molecule has 2 N–H and O–H groups in total. The summed E-state index contributed by atoms with van der Waals surface area (Å²) in [5.41, 5.74) is 1.40. The molecular weight excluding hydrogens is 280 g/mol. The summed E-state index contributed by atoms with van der Waals surface area (Å²) in [5, 5.41) is 3.21. The van der Waals surface area contributed by atoms with Gasteiger partial charge in [-0.3, -0.25) is 0 Å². The molecule has 0 amide bonds. The van der Waals surface area contributed by atoms with E-state index < -0.39 is 9.84 Å². The quantitative estimate of drug-likeness (QED) is 0.820. The zero-order valence-corrected chi connectivity index (χ0v) is 11.9. The number of nitrogens with one attached hydrogen (secondary N) is 2. The molecule has 0 aliphatic carbocycles. The Morgan fingerprint density at radius 3 is 3.00 bits per heavy atom. The summed E-state index contributed by atoms with van der Waals surface area (Å²) in [4.78, 5) is 11.8. The highest BCUT2D eigenvalue weighted by molar-refractivity contribution is 7.91. The molecule has 2 aromatic heterocycles. The number of H-pyrrole nitrogens is 1. The third-order valence-electron chi connectivity index (χ3n) is 3.32. The fourth-order valence-electron chi connectivity index (χ4n) is 2.37. The maximum Gasteiger partial charge on any atom is 0.215 e. The van der Waals surface area contributed by atoms with E-state index in [2.05, 4.69) is 20.3 Å². The predicted molar refractivity (Wildman–Crippen MR) is 74.6 cm³/mol. The fraction of sp³-hybridized carbons (Fsp3) is 0.500. The van der Waals surface area contributed by atoms with Crippen molar-refractivity contribution in [3.8, 4) is 5.88 Å². The zero-order chi connectivity index (χ0) is 14.2. The van der Waals surface area contributed by atoms with Crippen molar-refractivity contribution >= 4 is 21.0 Å². The van der Waals surface area contributed by atoms with Gasteiger partial charge in [-0.05, 0) is 6.07 Å². The third-order valence-corrected chi connectivity index (χ3v) is 5.06. The highest BCUT2D eigenvalue weighted by atomic mass is 32.2. The van der Waals surface area contributed by atoms with Crippen LogP contribution in [-0.2, 0) is 16.3 Å². The van der Waals surface area contributed by atoms with Crippen molar-refractivity contribution in [2.75, 3.05) is 25.2 Å². The molecule has 7 nitrogen and oxygen atoms in total. The van der Waals surface area contributed by atoms with Gasteiger partial charge in [0.05, 0.1) is 24.1 Å². The average molecular weight is 296 g/mol. The fourth-order valence-corrected chi connectivity index (χ4v) is 3.81. The summed E-state index contributed by atoms with van der Waals surface area (Å²) in [6.07, 6.45) is 0.540. The molecule has 1 aliphatic heterocycles. The first-order valence-corrected chi connectivity index (χ1v) is 8.21. The van der Waals surface area contributed by atoms with Crippen LogP contribution in [-0.4, -0.2) is 54.6 Å². The molecule has 1 unspecified atom stereocenters. The van der Waals surface area contributed by atoms with Gasteiger partial charge in [0.1, 0.15) is 5.82 Å². The molecule has 1 aliphatic rings. The largest absolute Gasteiger partial charge is 0.481 e. The van der Waals surface area contributed by atoms with Gasteiger partial charge in [0.2, 0.25) is 5.88 Å². The Bertz CT molecular complexity index is 725. The summed E-state index contributed by atoms with van der Waals surface area (Å²) >= 11 is 0. The van der Waals surface area contributed by atoms with E-state index in [9.17, 15) is 8.42 Å². The molecule has 0 radical (unpaired) electrons. The van der Waals surface area contributed by atoms with E-state index in [1.807, 2.05) is 6.07 Å². The van der Waals surface area contributed by atoms with Crippen molar-refractivity contribution in [3.05, 3.63) is 18.0 Å². The molecule has 108 valence electrons. The lowest BCUT2D eigenvalue weighted by molar-refractivity contribution is 0.399. The summed E-state index contributed by atoms with van der Waals surface area (Å²) in [6, 6.07) is 3.51. The molecule has 0 saturated carbocycles. The number of aromatic amines is 1. The van der Waals surface area contributed by atoms with Crippen LogP contribution in [0, 0.1) is 0 Å². The van der Waals surface area contributed by atoms with Gasteiger partial charge in [0.15, 0.2) is 15.5 Å². The Morgan fingerprint density at radius 1 is 1.40 bits per heavy atom. The standard InChI is InChI=1S/C12H16N4O3S/c1-19-11-3-2-9-12(16-11)15-10(14-9)6-8-7-20(17,18)5-4-13-8/h2-3,8,13H,4-7H2,1H3,(H,14,15,16). The molecule has 1 atom stereocenters. The predicted octanol–water partition coefficient (Wildman–Crippen LogP) is -0.104. The van der Waals surface area contributed by atoms with Crippen molar-refractivity contribution < 1.29 is 13.2 Å². The lowest BCUT2D eigenvalue weighted by Crippen LogP contribution is -2.46. The second-order valence-electron chi connectivity index (χ2n) is 4.88. The highest BCUT2D eigenvalue weighted by Crippen LogP contribution is 2.15. The minimum Gasteiger partial charge on any atom is -0.481 e. The van der Waals surface area contributed by atoms with E-state index in [0.29, 0.717) is 24.5 Å². The molecule has 0 spiro atoms. The van der Waals surface area contributed by atoms with E-state index in [1.165, 1.54) is 0 Å². The smallest absolute Gasteiger partial charge is 0.215 e. The number of hydrogen-bond donors (Lipinski definition) is 2. The van der Waals surface area contributed by atoms with Crippen LogP contribution in [0.2, 0.25) is 0 Å². The summed E-state index contributed by atoms with van der Waals surface area (Å²) < 4.78 is 28.3. The van der Waals surface area contributed by atoms with Gasteiger partial charge in [-0.2, -0.15) is 4.98 Å². The summed E-state index contributed by atoms with van der Waals surface area (Å²) in [7, 11) is -1.38. The molecule has 3 rings (SSSR count). The third kappa shape index (κ3) is 2.75. The van der Waals surface area contributed by atoms with Crippen LogP contribution in [0.1, 0.15) is 5.82 Å². The van der Waals surface area contributed by atoms with Gasteiger partial charge in [-0.1, -0.05) is 0 Å². The molecule has 2 aromatic rings. The van der Waals surface area contributed by atoms with Gasteiger partial charge >= 0.3 is 0 Å². The Hall–Kier alpha value is -1.67. The second kappa shape index (κ2) is 5.02. The molecule has 1 saturated heterocycles. The second-order valence-corrected chi connectivity index (χ2v) is 7.11. The van der Waals surface area contributed by atoms with Gasteiger partial charge in [0, 0.05) is 25.1 Å². The Labute approximate surface area is 116 Å². The van der Waals surface area contributed by atoms with Crippen molar-refractivity contribution in [3.63, 3.8) is 0 Å². The monoisotopic (exact) mass is 296 g/mol. The van der Waals surface area contributed by atoms with E-state index in [4.69, 9.17) is 4.74 Å². The van der Waals surface area contributed by atoms with Crippen LogP contribution in [0.4, 0.5) is 0 Å². The number of ether oxygens (including phenoxy) is 1. The molecule has 0 aromatic carbocycles.